The molecule has 0 aromatic heterocycles. The Kier molecular flexibility index (Phi) is 33.3. The highest BCUT2D eigenvalue weighted by Gasteiger charge is 2.31. The quantitative estimate of drug-likeness (QED) is 0.0386. The number of likely N-dealkylation sites (N-methyl/N-ethyl adjacent to an activating group) is 1. The van der Waals surface area contributed by atoms with E-state index >= 15 is 0 Å². The first-order valence-corrected chi connectivity index (χ1v) is 21.1. The van der Waals surface area contributed by atoms with E-state index < -0.39 is 18.1 Å². The molecule has 8 heteroatoms. The molecule has 0 heterocycles. The van der Waals surface area contributed by atoms with Gasteiger partial charge in [-0.05, 0) is 12.8 Å². The molecule has 0 radical (unpaired) electrons. The van der Waals surface area contributed by atoms with Crippen LogP contribution >= 0.6 is 0 Å². The molecule has 0 saturated carbocycles. The van der Waals surface area contributed by atoms with Crippen LogP contribution in [-0.4, -0.2) is 80.6 Å². The number of unbranched alkanes of at least 4 members (excludes halogenated alkanes) is 24. The van der Waals surface area contributed by atoms with E-state index in [1.54, 1.807) is 0 Å². The van der Waals surface area contributed by atoms with Crippen molar-refractivity contribution < 1.29 is 38.2 Å². The maximum absolute atomic E-state index is 12.6. The molecule has 0 aromatic carbocycles. The first-order chi connectivity index (χ1) is 24.1. The average Bonchev–Trinajstić information content (AvgIpc) is 3.06. The third-order valence-corrected chi connectivity index (χ3v) is 9.76. The van der Waals surface area contributed by atoms with Crippen LogP contribution in [0.3, 0.4) is 0 Å². The molecule has 0 saturated heterocycles. The summed E-state index contributed by atoms with van der Waals surface area (Å²) in [6, 6.07) is -0.606. The number of nitrogens with zero attached hydrogens (tertiary/aromatic N) is 1. The summed E-state index contributed by atoms with van der Waals surface area (Å²) in [7, 11) is 5.53. The number of ether oxygens (including phenoxy) is 3. The molecule has 2 atom stereocenters. The van der Waals surface area contributed by atoms with Crippen molar-refractivity contribution in [3.05, 3.63) is 0 Å². The van der Waals surface area contributed by atoms with Crippen molar-refractivity contribution >= 4 is 17.9 Å². The van der Waals surface area contributed by atoms with Crippen LogP contribution in [0.2, 0.25) is 0 Å². The van der Waals surface area contributed by atoms with Gasteiger partial charge in [0.2, 0.25) is 0 Å². The van der Waals surface area contributed by atoms with E-state index in [0.717, 1.165) is 38.5 Å². The molecule has 296 valence electrons. The van der Waals surface area contributed by atoms with E-state index in [1.165, 1.54) is 128 Å². The number of carbonyl (C=O) groups excluding carboxylic acids is 2. The fraction of sp³-hybridized carbons (Fsp3) is 0.929. The zero-order valence-electron chi connectivity index (χ0n) is 33.6. The lowest BCUT2D eigenvalue weighted by Gasteiger charge is -2.31. The maximum Gasteiger partial charge on any atom is 0.362 e. The Balaban J connectivity index is 4.20. The number of esters is 2. The summed E-state index contributed by atoms with van der Waals surface area (Å²) < 4.78 is 17.2. The number of carbonyl (C=O) groups is 3. The molecule has 0 aromatic rings. The summed E-state index contributed by atoms with van der Waals surface area (Å²) in [5.74, 6) is -1.46. The third kappa shape index (κ3) is 32.3. The second-order valence-corrected chi connectivity index (χ2v) is 15.6. The molecule has 8 nitrogen and oxygen atoms in total. The molecule has 0 amide bonds. The van der Waals surface area contributed by atoms with Crippen LogP contribution in [0.5, 0.6) is 0 Å². The van der Waals surface area contributed by atoms with Gasteiger partial charge in [-0.15, -0.1) is 0 Å². The highest BCUT2D eigenvalue weighted by atomic mass is 16.6. The Morgan fingerprint density at radius 2 is 0.880 bits per heavy atom. The van der Waals surface area contributed by atoms with Crippen molar-refractivity contribution in [2.24, 2.45) is 0 Å². The highest BCUT2D eigenvalue weighted by molar-refractivity contribution is 5.72. The molecule has 0 fully saturated rings. The van der Waals surface area contributed by atoms with Crippen molar-refractivity contribution in [1.29, 1.82) is 0 Å². The predicted octanol–water partition coefficient (Wildman–Crippen LogP) is 11.0. The van der Waals surface area contributed by atoms with Crippen LogP contribution in [0.4, 0.5) is 0 Å². The number of carboxylic acids is 1. The van der Waals surface area contributed by atoms with Crippen molar-refractivity contribution in [2.75, 3.05) is 41.0 Å². The smallest absolute Gasteiger partial charge is 0.362 e. The van der Waals surface area contributed by atoms with Gasteiger partial charge in [-0.3, -0.25) is 9.59 Å². The van der Waals surface area contributed by atoms with Crippen LogP contribution in [0.15, 0.2) is 0 Å². The number of quaternary nitrogens is 1. The lowest BCUT2D eigenvalue weighted by molar-refractivity contribution is -0.887. The normalized spacial score (nSPS) is 12.9. The van der Waals surface area contributed by atoms with Gasteiger partial charge in [-0.1, -0.05) is 168 Å². The molecule has 50 heavy (non-hydrogen) atoms. The fourth-order valence-corrected chi connectivity index (χ4v) is 6.45. The van der Waals surface area contributed by atoms with Crippen molar-refractivity contribution in [2.45, 2.75) is 212 Å². The summed E-state index contributed by atoms with van der Waals surface area (Å²) in [5, 5.41) is 9.58. The van der Waals surface area contributed by atoms with Gasteiger partial charge in [0.15, 0.2) is 12.1 Å². The molecule has 0 bridgehead atoms. The Labute approximate surface area is 308 Å². The van der Waals surface area contributed by atoms with Crippen LogP contribution in [0.25, 0.3) is 0 Å². The lowest BCUT2D eigenvalue weighted by Crippen LogP contribution is -2.50. The Morgan fingerprint density at radius 3 is 1.24 bits per heavy atom. The Morgan fingerprint density at radius 1 is 0.520 bits per heavy atom. The monoisotopic (exact) mass is 713 g/mol. The van der Waals surface area contributed by atoms with Gasteiger partial charge in [0, 0.05) is 19.3 Å². The second kappa shape index (κ2) is 34.4. The lowest BCUT2D eigenvalue weighted by atomic mass is 10.0. The van der Waals surface area contributed by atoms with Crippen molar-refractivity contribution in [3.63, 3.8) is 0 Å². The first-order valence-electron chi connectivity index (χ1n) is 21.1. The summed E-state index contributed by atoms with van der Waals surface area (Å²) in [5.41, 5.74) is 0. The number of rotatable bonds is 38. The maximum atomic E-state index is 12.6. The fourth-order valence-electron chi connectivity index (χ4n) is 6.45. The van der Waals surface area contributed by atoms with Crippen LogP contribution < -0.4 is 0 Å². The van der Waals surface area contributed by atoms with E-state index in [1.807, 2.05) is 21.1 Å². The van der Waals surface area contributed by atoms with Crippen molar-refractivity contribution in [3.8, 4) is 0 Å². The van der Waals surface area contributed by atoms with Crippen LogP contribution in [0, 0.1) is 0 Å². The SMILES string of the molecule is CCCCCCCCCCCCCCCCCCCCC(=O)OCC(COCCC(C(=O)O)[N+](C)(C)C)OC(=O)CCCCCCCCCC. The van der Waals surface area contributed by atoms with Gasteiger partial charge in [-0.25, -0.2) is 4.79 Å². The molecule has 0 aliphatic rings. The van der Waals surface area contributed by atoms with E-state index in [-0.39, 0.29) is 36.2 Å². The Bertz CT molecular complexity index is 797. The minimum atomic E-state index is -0.872. The number of hydrogen-bond donors (Lipinski definition) is 1. The summed E-state index contributed by atoms with van der Waals surface area (Å²) in [6.45, 7) is 4.73. The largest absolute Gasteiger partial charge is 0.477 e. The van der Waals surface area contributed by atoms with Gasteiger partial charge < -0.3 is 23.8 Å². The summed E-state index contributed by atoms with van der Waals surface area (Å²) >= 11 is 0. The third-order valence-electron chi connectivity index (χ3n) is 9.76. The number of carboxylic acid groups (broad SMARTS) is 1. The van der Waals surface area contributed by atoms with Crippen LogP contribution in [-0.2, 0) is 28.6 Å². The minimum Gasteiger partial charge on any atom is -0.477 e. The van der Waals surface area contributed by atoms with E-state index in [2.05, 4.69) is 13.8 Å². The average molecular weight is 713 g/mol. The Hall–Kier alpha value is -1.67. The van der Waals surface area contributed by atoms with Crippen LogP contribution in [0.1, 0.15) is 200 Å². The molecule has 0 rings (SSSR count). The van der Waals surface area contributed by atoms with E-state index in [0.29, 0.717) is 19.3 Å². The topological polar surface area (TPSA) is 99.1 Å². The molecule has 0 aliphatic carbocycles. The zero-order chi connectivity index (χ0) is 37.1. The number of aliphatic carboxylic acids is 1. The molecular weight excluding hydrogens is 630 g/mol. The van der Waals surface area contributed by atoms with Gasteiger partial charge >= 0.3 is 17.9 Å². The minimum absolute atomic E-state index is 0.0429. The summed E-state index contributed by atoms with van der Waals surface area (Å²) in [4.78, 5) is 36.7. The molecule has 2 unspecified atom stereocenters. The summed E-state index contributed by atoms with van der Waals surface area (Å²) in [6.07, 6.45) is 32.9. The first kappa shape index (κ1) is 48.3. The zero-order valence-corrected chi connectivity index (χ0v) is 33.6. The van der Waals surface area contributed by atoms with Gasteiger partial charge in [-0.2, -0.15) is 0 Å². The molecule has 0 aliphatic heterocycles. The second-order valence-electron chi connectivity index (χ2n) is 15.6. The molecular formula is C42H82NO7+. The van der Waals surface area contributed by atoms with E-state index in [9.17, 15) is 19.5 Å². The standard InChI is InChI=1S/C42H81NO7/c1-6-8-10-12-14-16-17-18-19-20-21-22-23-24-25-27-28-30-32-40(44)49-37-38(36-48-35-34-39(42(46)47)43(3,4)5)50-41(45)33-31-29-26-15-13-11-9-7-2/h38-39H,6-37H2,1-5H3/p+1. The number of hydrogen-bond acceptors (Lipinski definition) is 6. The van der Waals surface area contributed by atoms with Gasteiger partial charge in [0.1, 0.15) is 6.61 Å². The van der Waals surface area contributed by atoms with Gasteiger partial charge in [0.05, 0.1) is 34.4 Å². The molecule has 0 spiro atoms. The highest BCUT2D eigenvalue weighted by Crippen LogP contribution is 2.16. The van der Waals surface area contributed by atoms with Crippen molar-refractivity contribution in [1.82, 2.24) is 0 Å². The van der Waals surface area contributed by atoms with Gasteiger partial charge in [0.25, 0.3) is 0 Å². The predicted molar refractivity (Wildman–Crippen MR) is 206 cm³/mol. The molecule has 1 N–H and O–H groups in total. The van der Waals surface area contributed by atoms with E-state index in [4.69, 9.17) is 14.2 Å².